The van der Waals surface area contributed by atoms with E-state index in [0.29, 0.717) is 6.10 Å². The second-order valence-electron chi connectivity index (χ2n) is 3.73. The van der Waals surface area contributed by atoms with Gasteiger partial charge in [-0.05, 0) is 25.1 Å². The van der Waals surface area contributed by atoms with Gasteiger partial charge in [0.1, 0.15) is 11.9 Å². The van der Waals surface area contributed by atoms with Gasteiger partial charge < -0.3 is 4.74 Å². The molecule has 1 saturated heterocycles. The van der Waals surface area contributed by atoms with Gasteiger partial charge in [0, 0.05) is 13.1 Å². The average Bonchev–Trinajstić information content (AvgIpc) is 2.67. The molecule has 1 heterocycles. The van der Waals surface area contributed by atoms with Crippen LogP contribution >= 0.6 is 0 Å². The van der Waals surface area contributed by atoms with E-state index in [4.69, 9.17) is 4.74 Å². The monoisotopic (exact) mass is 191 g/mol. The van der Waals surface area contributed by atoms with Gasteiger partial charge >= 0.3 is 0 Å². The quantitative estimate of drug-likeness (QED) is 0.726. The molecule has 2 heteroatoms. The number of hydrogen-bond donors (Lipinski definition) is 0. The molecule has 0 N–H and O–H groups in total. The summed E-state index contributed by atoms with van der Waals surface area (Å²) in [6.45, 7) is 5.58. The smallest absolute Gasteiger partial charge is 0.119 e. The fourth-order valence-electron chi connectivity index (χ4n) is 1.87. The van der Waals surface area contributed by atoms with Crippen LogP contribution in [0.25, 0.3) is 0 Å². The third-order valence-corrected chi connectivity index (χ3v) is 2.72. The molecule has 2 rings (SSSR count). The van der Waals surface area contributed by atoms with Gasteiger partial charge in [-0.15, -0.1) is 0 Å². The van der Waals surface area contributed by atoms with Crippen molar-refractivity contribution in [1.82, 2.24) is 4.90 Å². The Morgan fingerprint density at radius 1 is 1.36 bits per heavy atom. The van der Waals surface area contributed by atoms with E-state index in [2.05, 4.69) is 11.8 Å². The van der Waals surface area contributed by atoms with E-state index in [1.54, 1.807) is 0 Å². The maximum absolute atomic E-state index is 5.87. The maximum atomic E-state index is 5.87. The third kappa shape index (κ3) is 2.26. The Balaban J connectivity index is 1.88. The van der Waals surface area contributed by atoms with Crippen molar-refractivity contribution in [3.05, 3.63) is 30.3 Å². The van der Waals surface area contributed by atoms with Crippen LogP contribution in [0.2, 0.25) is 0 Å². The van der Waals surface area contributed by atoms with Crippen LogP contribution in [0.5, 0.6) is 5.75 Å². The van der Waals surface area contributed by atoms with E-state index < -0.39 is 0 Å². The minimum atomic E-state index is 0.386. The molecule has 0 amide bonds. The molecular formula is C12H17NO. The van der Waals surface area contributed by atoms with Gasteiger partial charge in [-0.25, -0.2) is 0 Å². The summed E-state index contributed by atoms with van der Waals surface area (Å²) in [4.78, 5) is 2.42. The summed E-state index contributed by atoms with van der Waals surface area (Å²) in [5.41, 5.74) is 0. The molecule has 1 aliphatic rings. The Kier molecular flexibility index (Phi) is 3.04. The zero-order chi connectivity index (χ0) is 9.80. The molecule has 0 spiro atoms. The summed E-state index contributed by atoms with van der Waals surface area (Å²) in [6, 6.07) is 10.1. The van der Waals surface area contributed by atoms with Crippen LogP contribution in [0, 0.1) is 0 Å². The van der Waals surface area contributed by atoms with E-state index in [0.717, 1.165) is 25.3 Å². The van der Waals surface area contributed by atoms with Gasteiger partial charge in [-0.2, -0.15) is 0 Å². The highest BCUT2D eigenvalue weighted by molar-refractivity contribution is 5.21. The van der Waals surface area contributed by atoms with Gasteiger partial charge in [-0.3, -0.25) is 4.90 Å². The molecule has 1 fully saturated rings. The number of nitrogens with zero attached hydrogens (tertiary/aromatic N) is 1. The summed E-state index contributed by atoms with van der Waals surface area (Å²) in [5, 5.41) is 0. The van der Waals surface area contributed by atoms with Crippen molar-refractivity contribution in [2.24, 2.45) is 0 Å². The van der Waals surface area contributed by atoms with Crippen molar-refractivity contribution in [1.29, 1.82) is 0 Å². The van der Waals surface area contributed by atoms with E-state index in [1.165, 1.54) is 6.54 Å². The molecule has 1 atom stereocenters. The van der Waals surface area contributed by atoms with E-state index in [-0.39, 0.29) is 0 Å². The third-order valence-electron chi connectivity index (χ3n) is 2.72. The minimum absolute atomic E-state index is 0.386. The molecule has 76 valence electrons. The largest absolute Gasteiger partial charge is 0.489 e. The topological polar surface area (TPSA) is 12.5 Å². The first-order valence-electron chi connectivity index (χ1n) is 5.32. The fraction of sp³-hybridized carbons (Fsp3) is 0.500. The number of para-hydroxylation sites is 1. The molecule has 1 aliphatic heterocycles. The molecule has 0 aromatic heterocycles. The van der Waals surface area contributed by atoms with Crippen LogP contribution < -0.4 is 4.74 Å². The zero-order valence-electron chi connectivity index (χ0n) is 8.65. The first-order chi connectivity index (χ1) is 6.88. The Hall–Kier alpha value is -1.02. The first-order valence-corrected chi connectivity index (χ1v) is 5.32. The van der Waals surface area contributed by atoms with Crippen LogP contribution in [0.3, 0.4) is 0 Å². The standard InChI is InChI=1S/C12H17NO/c1-2-13-9-8-12(10-13)14-11-6-4-3-5-7-11/h3-7,12H,2,8-10H2,1H3/t12-/m1/s1. The Morgan fingerprint density at radius 2 is 2.14 bits per heavy atom. The second-order valence-corrected chi connectivity index (χ2v) is 3.73. The molecule has 0 bridgehead atoms. The Labute approximate surface area is 85.5 Å². The van der Waals surface area contributed by atoms with Crippen molar-refractivity contribution in [2.45, 2.75) is 19.4 Å². The number of benzene rings is 1. The number of likely N-dealkylation sites (tertiary alicyclic amines) is 1. The molecule has 0 saturated carbocycles. The molecule has 0 radical (unpaired) electrons. The predicted octanol–water partition coefficient (Wildman–Crippen LogP) is 2.16. The highest BCUT2D eigenvalue weighted by Gasteiger charge is 2.22. The normalized spacial score (nSPS) is 22.5. The number of hydrogen-bond acceptors (Lipinski definition) is 2. The van der Waals surface area contributed by atoms with Crippen LogP contribution in [0.4, 0.5) is 0 Å². The lowest BCUT2D eigenvalue weighted by Crippen LogP contribution is -2.24. The first kappa shape index (κ1) is 9.53. The molecule has 1 aromatic carbocycles. The van der Waals surface area contributed by atoms with Crippen LogP contribution in [-0.2, 0) is 0 Å². The lowest BCUT2D eigenvalue weighted by molar-refractivity contribution is 0.202. The van der Waals surface area contributed by atoms with Crippen LogP contribution in [-0.4, -0.2) is 30.6 Å². The van der Waals surface area contributed by atoms with Gasteiger partial charge in [-0.1, -0.05) is 25.1 Å². The minimum Gasteiger partial charge on any atom is -0.489 e. The summed E-state index contributed by atoms with van der Waals surface area (Å²) < 4.78 is 5.87. The van der Waals surface area contributed by atoms with Crippen molar-refractivity contribution in [3.8, 4) is 5.75 Å². The molecule has 0 unspecified atom stereocenters. The van der Waals surface area contributed by atoms with Gasteiger partial charge in [0.2, 0.25) is 0 Å². The summed E-state index contributed by atoms with van der Waals surface area (Å²) in [5.74, 6) is 0.996. The lowest BCUT2D eigenvalue weighted by Gasteiger charge is -2.14. The van der Waals surface area contributed by atoms with E-state index >= 15 is 0 Å². The molecule has 2 nitrogen and oxygen atoms in total. The van der Waals surface area contributed by atoms with Gasteiger partial charge in [0.15, 0.2) is 0 Å². The van der Waals surface area contributed by atoms with Crippen molar-refractivity contribution in [3.63, 3.8) is 0 Å². The number of rotatable bonds is 3. The van der Waals surface area contributed by atoms with E-state index in [1.807, 2.05) is 30.3 Å². The van der Waals surface area contributed by atoms with Crippen molar-refractivity contribution < 1.29 is 4.74 Å². The second kappa shape index (κ2) is 4.47. The molecule has 14 heavy (non-hydrogen) atoms. The van der Waals surface area contributed by atoms with Crippen molar-refractivity contribution in [2.75, 3.05) is 19.6 Å². The van der Waals surface area contributed by atoms with Crippen molar-refractivity contribution >= 4 is 0 Å². The van der Waals surface area contributed by atoms with Crippen LogP contribution in [0.1, 0.15) is 13.3 Å². The number of ether oxygens (including phenoxy) is 1. The highest BCUT2D eigenvalue weighted by Crippen LogP contribution is 2.17. The summed E-state index contributed by atoms with van der Waals surface area (Å²) >= 11 is 0. The SMILES string of the molecule is CCN1CC[C@@H](Oc2ccccc2)C1. The Bertz CT molecular complexity index is 273. The summed E-state index contributed by atoms with van der Waals surface area (Å²) in [7, 11) is 0. The molecule has 1 aromatic rings. The summed E-state index contributed by atoms with van der Waals surface area (Å²) in [6.07, 6.45) is 1.54. The fourth-order valence-corrected chi connectivity index (χ4v) is 1.87. The Morgan fingerprint density at radius 3 is 2.79 bits per heavy atom. The molecular weight excluding hydrogens is 174 g/mol. The van der Waals surface area contributed by atoms with Gasteiger partial charge in [0.25, 0.3) is 0 Å². The molecule has 0 aliphatic carbocycles. The highest BCUT2D eigenvalue weighted by atomic mass is 16.5. The van der Waals surface area contributed by atoms with E-state index in [9.17, 15) is 0 Å². The number of likely N-dealkylation sites (N-methyl/N-ethyl adjacent to an activating group) is 1. The average molecular weight is 191 g/mol. The lowest BCUT2D eigenvalue weighted by atomic mass is 10.3. The maximum Gasteiger partial charge on any atom is 0.119 e. The zero-order valence-corrected chi connectivity index (χ0v) is 8.65. The van der Waals surface area contributed by atoms with Crippen LogP contribution in [0.15, 0.2) is 30.3 Å². The predicted molar refractivity (Wildman–Crippen MR) is 57.6 cm³/mol. The van der Waals surface area contributed by atoms with Gasteiger partial charge in [0.05, 0.1) is 0 Å².